The predicted octanol–water partition coefficient (Wildman–Crippen LogP) is 1.55. The maximum atomic E-state index is 5.53. The number of ether oxygens (including phenoxy) is 2. The minimum atomic E-state index is -0.216. The van der Waals surface area contributed by atoms with Crippen molar-refractivity contribution in [2.75, 3.05) is 13.2 Å². The molecule has 0 aliphatic rings. The van der Waals surface area contributed by atoms with Crippen molar-refractivity contribution in [2.24, 2.45) is 0 Å². The summed E-state index contributed by atoms with van der Waals surface area (Å²) in [6, 6.07) is 8.15. The van der Waals surface area contributed by atoms with Gasteiger partial charge >= 0.3 is 94.6 Å². The summed E-state index contributed by atoms with van der Waals surface area (Å²) in [5.41, 5.74) is 1.12. The maximum absolute atomic E-state index is 5.53. The first-order chi connectivity index (χ1) is 6.79. The Morgan fingerprint density at radius 2 is 1.71 bits per heavy atom. The van der Waals surface area contributed by atoms with Crippen molar-refractivity contribution < 1.29 is 9.47 Å². The van der Waals surface area contributed by atoms with Crippen molar-refractivity contribution in [3.05, 3.63) is 29.8 Å². The van der Waals surface area contributed by atoms with E-state index >= 15 is 0 Å². The Hall–Kier alpha value is -0.263. The summed E-state index contributed by atoms with van der Waals surface area (Å²) in [5, 5.41) is 0. The second-order valence-electron chi connectivity index (χ2n) is 3.10. The summed E-state index contributed by atoms with van der Waals surface area (Å²) < 4.78 is 12.3. The Balaban J connectivity index is 2.81. The van der Waals surface area contributed by atoms with Crippen molar-refractivity contribution in [2.45, 2.75) is 20.1 Å². The molecule has 0 radical (unpaired) electrons. The molecular weight excluding hydrogens is 171 g/mol. The molecular formula is C11H15LiO2. The average molecular weight is 186 g/mol. The van der Waals surface area contributed by atoms with E-state index in [1.165, 1.54) is 4.24 Å². The van der Waals surface area contributed by atoms with Gasteiger partial charge in [-0.05, 0) is 0 Å². The molecule has 14 heavy (non-hydrogen) atoms. The zero-order valence-corrected chi connectivity index (χ0v) is 9.12. The first-order valence-electron chi connectivity index (χ1n) is 5.08. The van der Waals surface area contributed by atoms with Crippen LogP contribution in [-0.2, 0) is 9.47 Å². The van der Waals surface area contributed by atoms with Gasteiger partial charge in [-0.3, -0.25) is 0 Å². The fourth-order valence-corrected chi connectivity index (χ4v) is 1.38. The second kappa shape index (κ2) is 6.26. The molecule has 0 saturated carbocycles. The molecule has 0 aromatic heterocycles. The Labute approximate surface area is 94.8 Å². The number of hydrogen-bond acceptors (Lipinski definition) is 2. The number of benzene rings is 1. The monoisotopic (exact) mass is 186 g/mol. The molecule has 0 heterocycles. The molecule has 1 aromatic rings. The van der Waals surface area contributed by atoms with Crippen LogP contribution in [0.3, 0.4) is 0 Å². The van der Waals surface area contributed by atoms with Crippen LogP contribution in [0.15, 0.2) is 24.3 Å². The summed E-state index contributed by atoms with van der Waals surface area (Å²) in [6.07, 6.45) is -0.216. The molecule has 0 unspecified atom stereocenters. The van der Waals surface area contributed by atoms with Crippen molar-refractivity contribution in [3.8, 4) is 0 Å². The molecule has 0 fully saturated rings. The molecule has 0 atom stereocenters. The molecule has 0 N–H and O–H groups in total. The van der Waals surface area contributed by atoms with Gasteiger partial charge in [0.05, 0.1) is 0 Å². The van der Waals surface area contributed by atoms with Crippen molar-refractivity contribution >= 4 is 22.0 Å². The van der Waals surface area contributed by atoms with Gasteiger partial charge in [0, 0.05) is 0 Å². The molecule has 3 heteroatoms. The van der Waals surface area contributed by atoms with Crippen LogP contribution in [0, 0.1) is 0 Å². The summed E-state index contributed by atoms with van der Waals surface area (Å²) in [6.45, 7) is 5.28. The van der Waals surface area contributed by atoms with Gasteiger partial charge in [-0.2, -0.15) is 0 Å². The summed E-state index contributed by atoms with van der Waals surface area (Å²) in [7, 11) is 0. The number of rotatable bonds is 5. The third-order valence-electron chi connectivity index (χ3n) is 2.08. The zero-order chi connectivity index (χ0) is 10.4. The van der Waals surface area contributed by atoms with Gasteiger partial charge in [0.25, 0.3) is 0 Å². The Kier molecular flexibility index (Phi) is 5.28. The van der Waals surface area contributed by atoms with Crippen LogP contribution in [0.25, 0.3) is 0 Å². The van der Waals surface area contributed by atoms with E-state index in [0.717, 1.165) is 5.56 Å². The van der Waals surface area contributed by atoms with Gasteiger partial charge in [-0.15, -0.1) is 0 Å². The van der Waals surface area contributed by atoms with E-state index in [1.54, 1.807) is 0 Å². The Bertz CT molecular complexity index is 270. The van der Waals surface area contributed by atoms with Crippen LogP contribution in [0.1, 0.15) is 25.7 Å². The van der Waals surface area contributed by atoms with E-state index in [1.807, 2.05) is 32.0 Å². The van der Waals surface area contributed by atoms with E-state index in [0.29, 0.717) is 13.2 Å². The summed E-state index contributed by atoms with van der Waals surface area (Å²) >= 11 is 2.07. The summed E-state index contributed by atoms with van der Waals surface area (Å²) in [4.78, 5) is 0. The van der Waals surface area contributed by atoms with Crippen LogP contribution >= 0.6 is 0 Å². The van der Waals surface area contributed by atoms with Crippen molar-refractivity contribution in [3.63, 3.8) is 0 Å². The number of hydrogen-bond donors (Lipinski definition) is 0. The van der Waals surface area contributed by atoms with Crippen LogP contribution < -0.4 is 4.24 Å². The molecule has 0 spiro atoms. The Morgan fingerprint density at radius 3 is 2.21 bits per heavy atom. The van der Waals surface area contributed by atoms with E-state index in [2.05, 4.69) is 23.8 Å². The van der Waals surface area contributed by atoms with Gasteiger partial charge in [-0.25, -0.2) is 0 Å². The first-order valence-corrected chi connectivity index (χ1v) is 5.08. The van der Waals surface area contributed by atoms with Gasteiger partial charge < -0.3 is 0 Å². The zero-order valence-electron chi connectivity index (χ0n) is 9.12. The van der Waals surface area contributed by atoms with Crippen LogP contribution in [0.4, 0.5) is 0 Å². The van der Waals surface area contributed by atoms with Crippen LogP contribution in [0.2, 0.25) is 0 Å². The quantitative estimate of drug-likeness (QED) is 0.513. The average Bonchev–Trinajstić information content (AvgIpc) is 2.18. The first kappa shape index (κ1) is 11.8. The predicted molar refractivity (Wildman–Crippen MR) is 57.8 cm³/mol. The van der Waals surface area contributed by atoms with E-state index in [9.17, 15) is 0 Å². The van der Waals surface area contributed by atoms with Gasteiger partial charge in [-0.1, -0.05) is 0 Å². The van der Waals surface area contributed by atoms with E-state index in [-0.39, 0.29) is 6.29 Å². The van der Waals surface area contributed by atoms with E-state index < -0.39 is 0 Å². The van der Waals surface area contributed by atoms with Crippen LogP contribution in [0.5, 0.6) is 0 Å². The van der Waals surface area contributed by atoms with Crippen molar-refractivity contribution in [1.29, 1.82) is 0 Å². The molecule has 0 saturated heterocycles. The standard InChI is InChI=1S/C11H15O2.Li/c1-3-12-11(13-4-2)10-8-6-5-7-9-10;/h5-8,11H,3-4H2,1-2H3;. The van der Waals surface area contributed by atoms with Crippen molar-refractivity contribution in [1.82, 2.24) is 0 Å². The molecule has 0 aliphatic carbocycles. The fourth-order valence-electron chi connectivity index (χ4n) is 1.38. The molecule has 0 aliphatic heterocycles. The summed E-state index contributed by atoms with van der Waals surface area (Å²) in [5.74, 6) is 0. The third-order valence-corrected chi connectivity index (χ3v) is 2.08. The van der Waals surface area contributed by atoms with Gasteiger partial charge in [0.15, 0.2) is 0 Å². The molecule has 72 valence electrons. The SMILES string of the molecule is [Li][c]1ccccc1C(OCC)OCC. The molecule has 0 bridgehead atoms. The third kappa shape index (κ3) is 3.15. The molecule has 1 rings (SSSR count). The van der Waals surface area contributed by atoms with E-state index in [4.69, 9.17) is 9.47 Å². The second-order valence-corrected chi connectivity index (χ2v) is 3.10. The normalized spacial score (nSPS) is 10.9. The Morgan fingerprint density at radius 1 is 1.14 bits per heavy atom. The topological polar surface area (TPSA) is 18.5 Å². The molecule has 1 aromatic carbocycles. The van der Waals surface area contributed by atoms with Gasteiger partial charge in [0.2, 0.25) is 0 Å². The van der Waals surface area contributed by atoms with Gasteiger partial charge in [0.1, 0.15) is 0 Å². The molecule has 2 nitrogen and oxygen atoms in total. The fraction of sp³-hybridized carbons (Fsp3) is 0.455. The minimum absolute atomic E-state index is 0.216. The van der Waals surface area contributed by atoms with Crippen LogP contribution in [-0.4, -0.2) is 30.9 Å². The molecule has 0 amide bonds.